The molecule has 2 N–H and O–H groups in total. The molecule has 0 bridgehead atoms. The third-order valence-corrected chi connectivity index (χ3v) is 6.67. The standard InChI is InChI=1S/C27H22F2N2O4S/c28-24-12-6-19(16-25(24)29)17-31-14-2-5-23(27(31)33)26(32)13-7-18-3-1-4-21(15-18)20-8-10-22(11-9-20)36(30,34)35/h1-6,8-12,14-16H,7,13,17H2,(H2,30,34,35). The lowest BCUT2D eigenvalue weighted by molar-refractivity contribution is 0.0980. The van der Waals surface area contributed by atoms with E-state index in [1.807, 2.05) is 24.3 Å². The smallest absolute Gasteiger partial charge is 0.261 e. The molecule has 0 aliphatic heterocycles. The van der Waals surface area contributed by atoms with Gasteiger partial charge in [0.1, 0.15) is 0 Å². The number of hydrogen-bond acceptors (Lipinski definition) is 4. The van der Waals surface area contributed by atoms with Crippen molar-refractivity contribution in [2.75, 3.05) is 0 Å². The number of hydrogen-bond donors (Lipinski definition) is 1. The first-order valence-corrected chi connectivity index (χ1v) is 12.6. The van der Waals surface area contributed by atoms with Crippen LogP contribution in [-0.4, -0.2) is 18.8 Å². The molecule has 0 atom stereocenters. The van der Waals surface area contributed by atoms with Gasteiger partial charge in [-0.15, -0.1) is 0 Å². The number of carbonyl (C=O) groups excluding carboxylic acids is 1. The second-order valence-electron chi connectivity index (χ2n) is 8.30. The molecule has 3 aromatic carbocycles. The fourth-order valence-corrected chi connectivity index (χ4v) is 4.36. The molecule has 0 saturated heterocycles. The van der Waals surface area contributed by atoms with Gasteiger partial charge in [0, 0.05) is 12.6 Å². The van der Waals surface area contributed by atoms with Crippen molar-refractivity contribution in [2.24, 2.45) is 5.14 Å². The molecule has 36 heavy (non-hydrogen) atoms. The van der Waals surface area contributed by atoms with Gasteiger partial charge in [0.2, 0.25) is 10.0 Å². The van der Waals surface area contributed by atoms with E-state index >= 15 is 0 Å². The lowest BCUT2D eigenvalue weighted by atomic mass is 9.99. The second-order valence-corrected chi connectivity index (χ2v) is 9.86. The Bertz CT molecular complexity index is 1600. The number of nitrogens with zero attached hydrogens (tertiary/aromatic N) is 1. The lowest BCUT2D eigenvalue weighted by Gasteiger charge is -2.09. The number of ketones is 1. The van der Waals surface area contributed by atoms with Gasteiger partial charge in [0.15, 0.2) is 17.4 Å². The summed E-state index contributed by atoms with van der Waals surface area (Å²) in [6, 6.07) is 20.1. The monoisotopic (exact) mass is 508 g/mol. The topological polar surface area (TPSA) is 99.2 Å². The molecule has 0 fully saturated rings. The molecule has 4 rings (SSSR count). The van der Waals surface area contributed by atoms with E-state index < -0.39 is 27.2 Å². The van der Waals surface area contributed by atoms with E-state index in [-0.39, 0.29) is 29.2 Å². The van der Waals surface area contributed by atoms with Crippen LogP contribution in [0, 0.1) is 11.6 Å². The summed E-state index contributed by atoms with van der Waals surface area (Å²) < 4.78 is 50.9. The summed E-state index contributed by atoms with van der Waals surface area (Å²) in [6.45, 7) is 0.00342. The molecule has 9 heteroatoms. The van der Waals surface area contributed by atoms with Crippen molar-refractivity contribution in [3.05, 3.63) is 124 Å². The summed E-state index contributed by atoms with van der Waals surface area (Å²) in [5, 5.41) is 5.14. The molecule has 184 valence electrons. The van der Waals surface area contributed by atoms with Gasteiger partial charge in [-0.25, -0.2) is 22.3 Å². The fraction of sp³-hybridized carbons (Fsp3) is 0.111. The number of pyridine rings is 1. The number of carbonyl (C=O) groups is 1. The molecule has 1 aromatic heterocycles. The Labute approximate surface area is 206 Å². The van der Waals surface area contributed by atoms with Crippen LogP contribution in [0.2, 0.25) is 0 Å². The normalized spacial score (nSPS) is 11.4. The minimum absolute atomic E-state index is 0.00342. The van der Waals surface area contributed by atoms with Crippen molar-refractivity contribution in [1.82, 2.24) is 4.57 Å². The second kappa shape index (κ2) is 10.3. The van der Waals surface area contributed by atoms with E-state index in [0.29, 0.717) is 12.0 Å². The molecular formula is C27H22F2N2O4S. The quantitative estimate of drug-likeness (QED) is 0.359. The van der Waals surface area contributed by atoms with Gasteiger partial charge in [-0.1, -0.05) is 42.5 Å². The molecule has 0 unspecified atom stereocenters. The highest BCUT2D eigenvalue weighted by atomic mass is 32.2. The first-order valence-electron chi connectivity index (χ1n) is 11.0. The maximum absolute atomic E-state index is 13.5. The predicted molar refractivity (Wildman–Crippen MR) is 132 cm³/mol. The lowest BCUT2D eigenvalue weighted by Crippen LogP contribution is -2.26. The van der Waals surface area contributed by atoms with Crippen LogP contribution in [0.5, 0.6) is 0 Å². The van der Waals surface area contributed by atoms with Crippen LogP contribution >= 0.6 is 0 Å². The molecule has 0 aliphatic rings. The minimum Gasteiger partial charge on any atom is -0.310 e. The molecule has 0 aliphatic carbocycles. The summed E-state index contributed by atoms with van der Waals surface area (Å²) in [5.41, 5.74) is 2.42. The van der Waals surface area contributed by atoms with Gasteiger partial charge in [-0.05, 0) is 65.1 Å². The highest BCUT2D eigenvalue weighted by molar-refractivity contribution is 7.89. The Kier molecular flexibility index (Phi) is 7.23. The number of Topliss-reactive ketones (excluding diaryl/α,β-unsaturated/α-hetero) is 1. The van der Waals surface area contributed by atoms with Gasteiger partial charge in [-0.3, -0.25) is 9.59 Å². The largest absolute Gasteiger partial charge is 0.310 e. The number of benzene rings is 3. The van der Waals surface area contributed by atoms with Crippen molar-refractivity contribution in [3.63, 3.8) is 0 Å². The number of primary sulfonamides is 1. The summed E-state index contributed by atoms with van der Waals surface area (Å²) in [7, 11) is -3.78. The SMILES string of the molecule is NS(=O)(=O)c1ccc(-c2cccc(CCC(=O)c3cccn(Cc4ccc(F)c(F)c4)c3=O)c2)cc1. The van der Waals surface area contributed by atoms with E-state index in [9.17, 15) is 26.8 Å². The number of aryl methyl sites for hydroxylation is 1. The summed E-state index contributed by atoms with van der Waals surface area (Å²) in [6.07, 6.45) is 1.97. The van der Waals surface area contributed by atoms with Gasteiger partial charge < -0.3 is 4.57 Å². The number of halogens is 2. The molecule has 0 amide bonds. The zero-order valence-corrected chi connectivity index (χ0v) is 19.8. The highest BCUT2D eigenvalue weighted by Crippen LogP contribution is 2.23. The van der Waals surface area contributed by atoms with Crippen molar-refractivity contribution >= 4 is 15.8 Å². The van der Waals surface area contributed by atoms with Crippen LogP contribution in [0.1, 0.15) is 27.9 Å². The molecule has 0 spiro atoms. The number of aromatic nitrogens is 1. The van der Waals surface area contributed by atoms with E-state index in [1.165, 1.54) is 35.0 Å². The van der Waals surface area contributed by atoms with Crippen LogP contribution in [0.3, 0.4) is 0 Å². The highest BCUT2D eigenvalue weighted by Gasteiger charge is 2.14. The van der Waals surface area contributed by atoms with Gasteiger partial charge >= 0.3 is 0 Å². The Morgan fingerprint density at radius 1 is 0.833 bits per heavy atom. The Balaban J connectivity index is 1.47. The van der Waals surface area contributed by atoms with E-state index in [4.69, 9.17) is 5.14 Å². The Morgan fingerprint density at radius 3 is 2.28 bits per heavy atom. The zero-order chi connectivity index (χ0) is 25.9. The third kappa shape index (κ3) is 5.81. The van der Waals surface area contributed by atoms with Gasteiger partial charge in [0.05, 0.1) is 17.0 Å². The van der Waals surface area contributed by atoms with Gasteiger partial charge in [-0.2, -0.15) is 0 Å². The third-order valence-electron chi connectivity index (χ3n) is 5.74. The maximum atomic E-state index is 13.5. The average Bonchev–Trinajstić information content (AvgIpc) is 2.86. The molecule has 4 aromatic rings. The van der Waals surface area contributed by atoms with Crippen molar-refractivity contribution in [2.45, 2.75) is 24.3 Å². The zero-order valence-electron chi connectivity index (χ0n) is 19.0. The van der Waals surface area contributed by atoms with Crippen molar-refractivity contribution in [1.29, 1.82) is 0 Å². The van der Waals surface area contributed by atoms with Crippen LogP contribution < -0.4 is 10.7 Å². The van der Waals surface area contributed by atoms with E-state index in [1.54, 1.807) is 18.2 Å². The summed E-state index contributed by atoms with van der Waals surface area (Å²) in [5.74, 6) is -2.31. The summed E-state index contributed by atoms with van der Waals surface area (Å²) in [4.78, 5) is 25.7. The van der Waals surface area contributed by atoms with Gasteiger partial charge in [0.25, 0.3) is 5.56 Å². The van der Waals surface area contributed by atoms with E-state index in [2.05, 4.69) is 0 Å². The van der Waals surface area contributed by atoms with Crippen LogP contribution in [0.15, 0.2) is 94.7 Å². The van der Waals surface area contributed by atoms with Crippen LogP contribution in [0.4, 0.5) is 8.78 Å². The minimum atomic E-state index is -3.78. The first-order chi connectivity index (χ1) is 17.1. The molecule has 0 saturated carbocycles. The van der Waals surface area contributed by atoms with Crippen LogP contribution in [0.25, 0.3) is 11.1 Å². The average molecular weight is 509 g/mol. The van der Waals surface area contributed by atoms with Crippen molar-refractivity contribution in [3.8, 4) is 11.1 Å². The predicted octanol–water partition coefficient (Wildman–Crippen LogP) is 4.30. The number of rotatable bonds is 8. The fourth-order valence-electron chi connectivity index (χ4n) is 3.84. The van der Waals surface area contributed by atoms with E-state index in [0.717, 1.165) is 28.8 Å². The maximum Gasteiger partial charge on any atom is 0.261 e. The van der Waals surface area contributed by atoms with Crippen LogP contribution in [-0.2, 0) is 23.0 Å². The molecule has 0 radical (unpaired) electrons. The Morgan fingerprint density at radius 2 is 1.58 bits per heavy atom. The number of sulfonamides is 1. The summed E-state index contributed by atoms with van der Waals surface area (Å²) >= 11 is 0. The number of nitrogens with two attached hydrogens (primary N) is 1. The molecular weight excluding hydrogens is 486 g/mol. The Hall–Kier alpha value is -3.95. The first kappa shape index (κ1) is 25.2. The van der Waals surface area contributed by atoms with Crippen molar-refractivity contribution < 1.29 is 22.0 Å². The molecule has 1 heterocycles. The molecule has 6 nitrogen and oxygen atoms in total.